The van der Waals surface area contributed by atoms with Gasteiger partial charge in [0.1, 0.15) is 0 Å². The van der Waals surface area contributed by atoms with Crippen LogP contribution in [0.15, 0.2) is 42.5 Å². The number of nitro groups is 1. The maximum atomic E-state index is 10.9. The van der Waals surface area contributed by atoms with Gasteiger partial charge in [0.15, 0.2) is 5.11 Å². The van der Waals surface area contributed by atoms with Gasteiger partial charge in [-0.2, -0.15) is 0 Å². The molecule has 0 fully saturated rings. The van der Waals surface area contributed by atoms with Crippen LogP contribution in [0.3, 0.4) is 0 Å². The van der Waals surface area contributed by atoms with Crippen molar-refractivity contribution in [1.29, 1.82) is 0 Å². The number of nitro benzene ring substituents is 1. The summed E-state index contributed by atoms with van der Waals surface area (Å²) < 4.78 is 0. The maximum absolute atomic E-state index is 10.9. The second kappa shape index (κ2) is 6.32. The molecule has 0 aliphatic rings. The summed E-state index contributed by atoms with van der Waals surface area (Å²) in [4.78, 5) is 10.5. The van der Waals surface area contributed by atoms with Crippen molar-refractivity contribution in [1.82, 2.24) is 0 Å². The van der Waals surface area contributed by atoms with Crippen molar-refractivity contribution < 1.29 is 4.92 Å². The molecular weight excluding hydrogens is 286 g/mol. The molecule has 0 heterocycles. The normalized spacial score (nSPS) is 10.0. The van der Waals surface area contributed by atoms with Gasteiger partial charge in [0, 0.05) is 11.8 Å². The molecule has 6 heteroatoms. The first-order valence-electron chi connectivity index (χ1n) is 6.36. The fraction of sp³-hybridized carbons (Fsp3) is 0.133. The number of hydrogen-bond acceptors (Lipinski definition) is 3. The lowest BCUT2D eigenvalue weighted by Crippen LogP contribution is -2.19. The van der Waals surface area contributed by atoms with Crippen molar-refractivity contribution in [2.24, 2.45) is 0 Å². The monoisotopic (exact) mass is 301 g/mol. The molecule has 108 valence electrons. The largest absolute Gasteiger partial charge is 0.332 e. The summed E-state index contributed by atoms with van der Waals surface area (Å²) in [6, 6.07) is 12.6. The van der Waals surface area contributed by atoms with Gasteiger partial charge in [0.05, 0.1) is 16.2 Å². The molecule has 0 unspecified atom stereocenters. The summed E-state index contributed by atoms with van der Waals surface area (Å²) in [7, 11) is 0. The Morgan fingerprint density at radius 3 is 2.38 bits per heavy atom. The van der Waals surface area contributed by atoms with Gasteiger partial charge in [-0.3, -0.25) is 10.1 Å². The lowest BCUT2D eigenvalue weighted by molar-refractivity contribution is -0.385. The molecule has 21 heavy (non-hydrogen) atoms. The highest BCUT2D eigenvalue weighted by Gasteiger charge is 2.13. The third-order valence-corrected chi connectivity index (χ3v) is 3.26. The van der Waals surface area contributed by atoms with Crippen LogP contribution in [0.2, 0.25) is 0 Å². The van der Waals surface area contributed by atoms with Crippen molar-refractivity contribution in [2.75, 3.05) is 10.6 Å². The summed E-state index contributed by atoms with van der Waals surface area (Å²) in [5.41, 5.74) is 3.26. The van der Waals surface area contributed by atoms with Crippen LogP contribution in [0, 0.1) is 24.0 Å². The van der Waals surface area contributed by atoms with E-state index < -0.39 is 4.92 Å². The van der Waals surface area contributed by atoms with E-state index in [1.54, 1.807) is 19.1 Å². The van der Waals surface area contributed by atoms with Gasteiger partial charge >= 0.3 is 0 Å². The Morgan fingerprint density at radius 2 is 1.76 bits per heavy atom. The standard InChI is InChI=1S/C15H15N3O2S/c1-10-6-8-12(9-7-10)16-15(21)17-13-4-3-5-14(11(13)2)18(19)20/h3-9H,1-2H3,(H2,16,17,21). The van der Waals surface area contributed by atoms with E-state index in [2.05, 4.69) is 10.6 Å². The van der Waals surface area contributed by atoms with Crippen LogP contribution < -0.4 is 10.6 Å². The summed E-state index contributed by atoms with van der Waals surface area (Å²) >= 11 is 5.23. The van der Waals surface area contributed by atoms with E-state index in [-0.39, 0.29) is 5.69 Å². The fourth-order valence-corrected chi connectivity index (χ4v) is 2.11. The summed E-state index contributed by atoms with van der Waals surface area (Å²) in [6.45, 7) is 3.70. The molecule has 0 saturated carbocycles. The Kier molecular flexibility index (Phi) is 4.49. The Labute approximate surface area is 128 Å². The SMILES string of the molecule is Cc1ccc(NC(=S)Nc2cccc([N+](=O)[O-])c2C)cc1. The molecule has 2 aromatic carbocycles. The minimum atomic E-state index is -0.406. The van der Waals surface area contributed by atoms with E-state index >= 15 is 0 Å². The van der Waals surface area contributed by atoms with Crippen LogP contribution >= 0.6 is 12.2 Å². The second-order valence-corrected chi connectivity index (χ2v) is 5.06. The maximum Gasteiger partial charge on any atom is 0.274 e. The molecule has 0 atom stereocenters. The highest BCUT2D eigenvalue weighted by molar-refractivity contribution is 7.80. The molecule has 5 nitrogen and oxygen atoms in total. The average molecular weight is 301 g/mol. The second-order valence-electron chi connectivity index (χ2n) is 4.65. The van der Waals surface area contributed by atoms with Gasteiger partial charge in [-0.25, -0.2) is 0 Å². The van der Waals surface area contributed by atoms with E-state index in [1.165, 1.54) is 6.07 Å². The third kappa shape index (κ3) is 3.76. The molecule has 0 spiro atoms. The van der Waals surface area contributed by atoms with Gasteiger partial charge in [-0.15, -0.1) is 0 Å². The average Bonchev–Trinajstić information content (AvgIpc) is 2.43. The Morgan fingerprint density at radius 1 is 1.10 bits per heavy atom. The van der Waals surface area contributed by atoms with Gasteiger partial charge in [0.2, 0.25) is 0 Å². The lowest BCUT2D eigenvalue weighted by atomic mass is 10.1. The van der Waals surface area contributed by atoms with Crippen molar-refractivity contribution in [3.63, 3.8) is 0 Å². The molecule has 0 amide bonds. The summed E-state index contributed by atoms with van der Waals surface area (Å²) in [6.07, 6.45) is 0. The summed E-state index contributed by atoms with van der Waals surface area (Å²) in [5.74, 6) is 0. The number of nitrogens with one attached hydrogen (secondary N) is 2. The molecular formula is C15H15N3O2S. The number of hydrogen-bond donors (Lipinski definition) is 2. The number of nitrogens with zero attached hydrogens (tertiary/aromatic N) is 1. The number of benzene rings is 2. The zero-order chi connectivity index (χ0) is 15.4. The number of rotatable bonds is 3. The number of thiocarbonyl (C=S) groups is 1. The third-order valence-electron chi connectivity index (χ3n) is 3.06. The predicted molar refractivity (Wildman–Crippen MR) is 88.9 cm³/mol. The smallest absolute Gasteiger partial charge is 0.274 e. The number of anilines is 2. The fourth-order valence-electron chi connectivity index (χ4n) is 1.88. The minimum absolute atomic E-state index is 0.0677. The van der Waals surface area contributed by atoms with Gasteiger partial charge in [-0.05, 0) is 44.3 Å². The molecule has 0 saturated heterocycles. The molecule has 2 N–H and O–H groups in total. The molecule has 2 aromatic rings. The highest BCUT2D eigenvalue weighted by atomic mass is 32.1. The Hall–Kier alpha value is -2.47. The van der Waals surface area contributed by atoms with E-state index in [0.29, 0.717) is 16.4 Å². The van der Waals surface area contributed by atoms with Crippen molar-refractivity contribution in [2.45, 2.75) is 13.8 Å². The molecule has 0 bridgehead atoms. The molecule has 0 aliphatic heterocycles. The van der Waals surface area contributed by atoms with Gasteiger partial charge in [-0.1, -0.05) is 23.8 Å². The van der Waals surface area contributed by atoms with Crippen LogP contribution in [-0.2, 0) is 0 Å². The minimum Gasteiger partial charge on any atom is -0.332 e. The van der Waals surface area contributed by atoms with Crippen molar-refractivity contribution in [3.8, 4) is 0 Å². The lowest BCUT2D eigenvalue weighted by Gasteiger charge is -2.12. The zero-order valence-electron chi connectivity index (χ0n) is 11.7. The van der Waals surface area contributed by atoms with E-state index in [1.807, 2.05) is 31.2 Å². The van der Waals surface area contributed by atoms with E-state index in [0.717, 1.165) is 11.3 Å². The molecule has 0 aliphatic carbocycles. The van der Waals surface area contributed by atoms with E-state index in [9.17, 15) is 10.1 Å². The Bertz CT molecular complexity index is 684. The van der Waals surface area contributed by atoms with Crippen LogP contribution in [0.4, 0.5) is 17.1 Å². The number of aryl methyl sites for hydroxylation is 1. The van der Waals surface area contributed by atoms with Crippen LogP contribution in [0.25, 0.3) is 0 Å². The van der Waals surface area contributed by atoms with Gasteiger partial charge < -0.3 is 10.6 Å². The Balaban J connectivity index is 2.11. The van der Waals surface area contributed by atoms with Crippen LogP contribution in [0.1, 0.15) is 11.1 Å². The summed E-state index contributed by atoms with van der Waals surface area (Å²) in [5, 5.41) is 17.3. The first kappa shape index (κ1) is 14.9. The molecule has 0 aromatic heterocycles. The van der Waals surface area contributed by atoms with Crippen molar-refractivity contribution in [3.05, 3.63) is 63.7 Å². The topological polar surface area (TPSA) is 67.2 Å². The zero-order valence-corrected chi connectivity index (χ0v) is 12.5. The van der Waals surface area contributed by atoms with Crippen LogP contribution in [0.5, 0.6) is 0 Å². The first-order valence-corrected chi connectivity index (χ1v) is 6.77. The predicted octanol–water partition coefficient (Wildman–Crippen LogP) is 4.02. The van der Waals surface area contributed by atoms with E-state index in [4.69, 9.17) is 12.2 Å². The highest BCUT2D eigenvalue weighted by Crippen LogP contribution is 2.25. The van der Waals surface area contributed by atoms with Gasteiger partial charge in [0.25, 0.3) is 5.69 Å². The van der Waals surface area contributed by atoms with Crippen molar-refractivity contribution >= 4 is 34.4 Å². The van der Waals surface area contributed by atoms with Crippen LogP contribution in [-0.4, -0.2) is 10.0 Å². The molecule has 2 rings (SSSR count). The first-order chi connectivity index (χ1) is 9.97. The quantitative estimate of drug-likeness (QED) is 0.509. The molecule has 0 radical (unpaired) electrons.